The van der Waals surface area contributed by atoms with Crippen LogP contribution in [-0.4, -0.2) is 17.9 Å². The Labute approximate surface area is 62.9 Å². The third-order valence-corrected chi connectivity index (χ3v) is 1.09. The van der Waals surface area contributed by atoms with Crippen molar-refractivity contribution in [2.75, 3.05) is 6.54 Å². The lowest BCUT2D eigenvalue weighted by Crippen LogP contribution is -2.25. The molecule has 2 heteroatoms. The van der Waals surface area contributed by atoms with Crippen molar-refractivity contribution in [2.45, 2.75) is 27.0 Å². The van der Waals surface area contributed by atoms with Gasteiger partial charge in [-0.2, -0.15) is 0 Å². The molecule has 0 fully saturated rings. The van der Waals surface area contributed by atoms with E-state index in [-0.39, 0.29) is 0 Å². The zero-order chi connectivity index (χ0) is 7.98. The van der Waals surface area contributed by atoms with E-state index in [1.807, 2.05) is 13.0 Å². The second-order valence-corrected chi connectivity index (χ2v) is 2.63. The number of hydrogen-bond acceptors (Lipinski definition) is 2. The van der Waals surface area contributed by atoms with Gasteiger partial charge < -0.3 is 5.11 Å². The van der Waals surface area contributed by atoms with Crippen molar-refractivity contribution in [1.29, 1.82) is 0 Å². The molecule has 0 aromatic carbocycles. The number of hydrogen-bond donors (Lipinski definition) is 2. The first kappa shape index (κ1) is 9.66. The van der Waals surface area contributed by atoms with Gasteiger partial charge in [0, 0.05) is 0 Å². The van der Waals surface area contributed by atoms with E-state index in [2.05, 4.69) is 19.2 Å². The molecule has 0 aliphatic rings. The van der Waals surface area contributed by atoms with Gasteiger partial charge in [0.1, 0.15) is 6.23 Å². The molecular weight excluding hydrogens is 126 g/mol. The van der Waals surface area contributed by atoms with Crippen LogP contribution in [0.5, 0.6) is 0 Å². The standard InChI is InChI=1S/C8H17NO/c1-4-9-8(10)6-5-7(2)3/h5-10H,4H2,1-3H3/b6-5-. The predicted octanol–water partition coefficient (Wildman–Crippen LogP) is 1.13. The number of allylic oxidation sites excluding steroid dienone is 1. The fraction of sp³-hybridized carbons (Fsp3) is 0.750. The summed E-state index contributed by atoms with van der Waals surface area (Å²) < 4.78 is 0. The fourth-order valence-corrected chi connectivity index (χ4v) is 0.605. The van der Waals surface area contributed by atoms with Crippen LogP contribution in [0.2, 0.25) is 0 Å². The van der Waals surface area contributed by atoms with E-state index >= 15 is 0 Å². The molecule has 0 saturated heterocycles. The summed E-state index contributed by atoms with van der Waals surface area (Å²) in [6, 6.07) is 0. The Morgan fingerprint density at radius 1 is 1.40 bits per heavy atom. The van der Waals surface area contributed by atoms with Crippen molar-refractivity contribution >= 4 is 0 Å². The van der Waals surface area contributed by atoms with Crippen LogP contribution in [0, 0.1) is 5.92 Å². The number of nitrogens with one attached hydrogen (secondary N) is 1. The van der Waals surface area contributed by atoms with Gasteiger partial charge in [-0.3, -0.25) is 5.32 Å². The Morgan fingerprint density at radius 2 is 2.00 bits per heavy atom. The minimum absolute atomic E-state index is 0.479. The maximum absolute atomic E-state index is 9.10. The van der Waals surface area contributed by atoms with Gasteiger partial charge in [-0.15, -0.1) is 0 Å². The molecule has 0 saturated carbocycles. The first-order valence-corrected chi connectivity index (χ1v) is 3.76. The molecule has 0 aromatic heterocycles. The van der Waals surface area contributed by atoms with E-state index in [0.717, 1.165) is 6.54 Å². The second kappa shape index (κ2) is 5.45. The average Bonchev–Trinajstić information content (AvgIpc) is 1.85. The quantitative estimate of drug-likeness (QED) is 0.456. The molecule has 0 aliphatic heterocycles. The second-order valence-electron chi connectivity index (χ2n) is 2.63. The lowest BCUT2D eigenvalue weighted by molar-refractivity contribution is 0.187. The van der Waals surface area contributed by atoms with Crippen molar-refractivity contribution in [3.8, 4) is 0 Å². The van der Waals surface area contributed by atoms with Gasteiger partial charge in [0.15, 0.2) is 0 Å². The van der Waals surface area contributed by atoms with E-state index < -0.39 is 6.23 Å². The third-order valence-electron chi connectivity index (χ3n) is 1.09. The molecular formula is C8H17NO. The van der Waals surface area contributed by atoms with Gasteiger partial charge in [0.05, 0.1) is 0 Å². The first-order chi connectivity index (χ1) is 4.66. The molecule has 0 aromatic rings. The SMILES string of the molecule is CCNC(O)/C=C\C(C)C. The highest BCUT2D eigenvalue weighted by Gasteiger charge is 1.93. The van der Waals surface area contributed by atoms with Crippen LogP contribution in [0.1, 0.15) is 20.8 Å². The Hall–Kier alpha value is -0.340. The lowest BCUT2D eigenvalue weighted by atomic mass is 10.2. The smallest absolute Gasteiger partial charge is 0.124 e. The van der Waals surface area contributed by atoms with E-state index in [1.54, 1.807) is 6.08 Å². The van der Waals surface area contributed by atoms with E-state index in [4.69, 9.17) is 5.11 Å². The molecule has 10 heavy (non-hydrogen) atoms. The van der Waals surface area contributed by atoms with Crippen LogP contribution in [0.25, 0.3) is 0 Å². The number of aliphatic hydroxyl groups excluding tert-OH is 1. The summed E-state index contributed by atoms with van der Waals surface area (Å²) in [5, 5.41) is 12.0. The summed E-state index contributed by atoms with van der Waals surface area (Å²) >= 11 is 0. The summed E-state index contributed by atoms with van der Waals surface area (Å²) in [7, 11) is 0. The molecule has 0 bridgehead atoms. The molecule has 2 nitrogen and oxygen atoms in total. The van der Waals surface area contributed by atoms with E-state index in [1.165, 1.54) is 0 Å². The largest absolute Gasteiger partial charge is 0.375 e. The highest BCUT2D eigenvalue weighted by molar-refractivity contribution is 4.88. The highest BCUT2D eigenvalue weighted by atomic mass is 16.3. The molecule has 1 unspecified atom stereocenters. The molecule has 0 amide bonds. The number of likely N-dealkylation sites (N-methyl/N-ethyl adjacent to an activating group) is 1. The Balaban J connectivity index is 3.45. The summed E-state index contributed by atoms with van der Waals surface area (Å²) in [6.45, 7) is 6.92. The van der Waals surface area contributed by atoms with Crippen LogP contribution in [0.15, 0.2) is 12.2 Å². The maximum atomic E-state index is 9.10. The van der Waals surface area contributed by atoms with Crippen molar-refractivity contribution < 1.29 is 5.11 Å². The molecule has 1 atom stereocenters. The summed E-state index contributed by atoms with van der Waals surface area (Å²) in [4.78, 5) is 0. The third kappa shape index (κ3) is 5.79. The van der Waals surface area contributed by atoms with Crippen molar-refractivity contribution in [2.24, 2.45) is 5.92 Å². The Morgan fingerprint density at radius 3 is 2.40 bits per heavy atom. The summed E-state index contributed by atoms with van der Waals surface area (Å²) in [5.41, 5.74) is 0. The van der Waals surface area contributed by atoms with Gasteiger partial charge in [-0.05, 0) is 18.5 Å². The highest BCUT2D eigenvalue weighted by Crippen LogP contribution is 1.93. The first-order valence-electron chi connectivity index (χ1n) is 3.76. The van der Waals surface area contributed by atoms with E-state index in [0.29, 0.717) is 5.92 Å². The van der Waals surface area contributed by atoms with Gasteiger partial charge >= 0.3 is 0 Å². The van der Waals surface area contributed by atoms with Crippen LogP contribution in [0.3, 0.4) is 0 Å². The molecule has 0 spiro atoms. The van der Waals surface area contributed by atoms with Gasteiger partial charge in [0.25, 0.3) is 0 Å². The molecule has 0 heterocycles. The Kier molecular flexibility index (Phi) is 5.26. The topological polar surface area (TPSA) is 32.3 Å². The monoisotopic (exact) mass is 143 g/mol. The molecule has 0 aliphatic carbocycles. The molecule has 60 valence electrons. The summed E-state index contributed by atoms with van der Waals surface area (Å²) in [5.74, 6) is 0.508. The van der Waals surface area contributed by atoms with Gasteiger partial charge in [-0.1, -0.05) is 26.8 Å². The minimum atomic E-state index is -0.479. The number of rotatable bonds is 4. The zero-order valence-corrected chi connectivity index (χ0v) is 6.96. The van der Waals surface area contributed by atoms with Gasteiger partial charge in [0.2, 0.25) is 0 Å². The zero-order valence-electron chi connectivity index (χ0n) is 6.96. The van der Waals surface area contributed by atoms with Crippen LogP contribution < -0.4 is 5.32 Å². The molecule has 2 N–H and O–H groups in total. The van der Waals surface area contributed by atoms with Crippen molar-refractivity contribution in [1.82, 2.24) is 5.32 Å². The Bertz CT molecular complexity index is 99.4. The van der Waals surface area contributed by atoms with Crippen molar-refractivity contribution in [3.05, 3.63) is 12.2 Å². The van der Waals surface area contributed by atoms with Gasteiger partial charge in [-0.25, -0.2) is 0 Å². The predicted molar refractivity (Wildman–Crippen MR) is 43.7 cm³/mol. The molecule has 0 rings (SSSR count). The maximum Gasteiger partial charge on any atom is 0.124 e. The normalized spacial score (nSPS) is 14.9. The molecule has 0 radical (unpaired) electrons. The van der Waals surface area contributed by atoms with E-state index in [9.17, 15) is 0 Å². The van der Waals surface area contributed by atoms with Crippen LogP contribution in [-0.2, 0) is 0 Å². The average molecular weight is 143 g/mol. The van der Waals surface area contributed by atoms with Crippen LogP contribution in [0.4, 0.5) is 0 Å². The summed E-state index contributed by atoms with van der Waals surface area (Å²) in [6.07, 6.45) is 3.27. The van der Waals surface area contributed by atoms with Crippen LogP contribution >= 0.6 is 0 Å². The number of aliphatic hydroxyl groups is 1. The fourth-order valence-electron chi connectivity index (χ4n) is 0.605. The van der Waals surface area contributed by atoms with Crippen molar-refractivity contribution in [3.63, 3.8) is 0 Å². The lowest BCUT2D eigenvalue weighted by Gasteiger charge is -2.05. The minimum Gasteiger partial charge on any atom is -0.375 e.